The Labute approximate surface area is 151 Å². The van der Waals surface area contributed by atoms with E-state index in [1.165, 1.54) is 0 Å². The molecule has 0 spiro atoms. The van der Waals surface area contributed by atoms with Crippen LogP contribution in [0, 0.1) is 11.3 Å². The van der Waals surface area contributed by atoms with E-state index < -0.39 is 0 Å². The first-order chi connectivity index (χ1) is 12.7. The Hall–Kier alpha value is -3.33. The van der Waals surface area contributed by atoms with Gasteiger partial charge >= 0.3 is 0 Å². The Morgan fingerprint density at radius 3 is 3.04 bits per heavy atom. The number of carbonyl (C=O) groups excluding carboxylic acids is 1. The van der Waals surface area contributed by atoms with Gasteiger partial charge in [0, 0.05) is 12.1 Å². The second kappa shape index (κ2) is 6.52. The number of nitrogens with zero attached hydrogens (tertiary/aromatic N) is 3. The number of hydrogen-bond donors (Lipinski definition) is 1. The van der Waals surface area contributed by atoms with Crippen molar-refractivity contribution in [1.29, 1.82) is 5.26 Å². The Balaban J connectivity index is 1.67. The minimum Gasteiger partial charge on any atom is -0.493 e. The number of ether oxygens (including phenoxy) is 1. The number of anilines is 1. The standard InChI is InChI=1S/C20H18N4O2/c1-2-24-17-8-7-13(12-21)11-16(17)22-20(24)23-19(25)15-9-10-26-18-6-4-3-5-14(15)18/h3-8,11,15H,2,9-10H2,1H3,(H,22,23,25)/t15-/m1/s1. The lowest BCUT2D eigenvalue weighted by Gasteiger charge is -2.24. The van der Waals surface area contributed by atoms with Gasteiger partial charge in [-0.15, -0.1) is 0 Å². The van der Waals surface area contributed by atoms with Crippen molar-refractivity contribution in [3.05, 3.63) is 53.6 Å². The second-order valence-electron chi connectivity index (χ2n) is 6.21. The van der Waals surface area contributed by atoms with Gasteiger partial charge in [-0.3, -0.25) is 10.1 Å². The highest BCUT2D eigenvalue weighted by Crippen LogP contribution is 2.34. The summed E-state index contributed by atoms with van der Waals surface area (Å²) >= 11 is 0. The molecule has 1 aliphatic heterocycles. The molecule has 1 aliphatic rings. The van der Waals surface area contributed by atoms with E-state index in [9.17, 15) is 4.79 Å². The normalized spacial score (nSPS) is 15.8. The van der Waals surface area contributed by atoms with Gasteiger partial charge in [-0.05, 0) is 37.6 Å². The predicted molar refractivity (Wildman–Crippen MR) is 98.0 cm³/mol. The molecule has 26 heavy (non-hydrogen) atoms. The van der Waals surface area contributed by atoms with Gasteiger partial charge < -0.3 is 9.30 Å². The van der Waals surface area contributed by atoms with E-state index in [4.69, 9.17) is 10.00 Å². The van der Waals surface area contributed by atoms with E-state index in [0.717, 1.165) is 16.8 Å². The summed E-state index contributed by atoms with van der Waals surface area (Å²) in [7, 11) is 0. The van der Waals surface area contributed by atoms with Gasteiger partial charge in [-0.1, -0.05) is 18.2 Å². The van der Waals surface area contributed by atoms with Crippen LogP contribution in [0.5, 0.6) is 5.75 Å². The molecule has 1 aromatic heterocycles. The molecule has 2 heterocycles. The number of nitrogens with one attached hydrogen (secondary N) is 1. The van der Waals surface area contributed by atoms with E-state index in [1.807, 2.05) is 41.8 Å². The molecule has 0 bridgehead atoms. The van der Waals surface area contributed by atoms with E-state index in [0.29, 0.717) is 36.6 Å². The summed E-state index contributed by atoms with van der Waals surface area (Å²) in [6.07, 6.45) is 0.633. The van der Waals surface area contributed by atoms with Gasteiger partial charge in [0.2, 0.25) is 11.9 Å². The van der Waals surface area contributed by atoms with Gasteiger partial charge in [-0.2, -0.15) is 5.26 Å². The molecule has 1 N–H and O–H groups in total. The number of para-hydroxylation sites is 1. The molecular formula is C20H18N4O2. The number of carbonyl (C=O) groups is 1. The highest BCUT2D eigenvalue weighted by Gasteiger charge is 2.28. The number of hydrogen-bond acceptors (Lipinski definition) is 4. The third-order valence-corrected chi connectivity index (χ3v) is 4.70. The summed E-state index contributed by atoms with van der Waals surface area (Å²) in [5.74, 6) is 0.916. The van der Waals surface area contributed by atoms with E-state index >= 15 is 0 Å². The summed E-state index contributed by atoms with van der Waals surface area (Å²) < 4.78 is 7.59. The highest BCUT2D eigenvalue weighted by atomic mass is 16.5. The zero-order chi connectivity index (χ0) is 18.1. The summed E-state index contributed by atoms with van der Waals surface area (Å²) in [6, 6.07) is 15.1. The van der Waals surface area contributed by atoms with Crippen molar-refractivity contribution in [2.75, 3.05) is 11.9 Å². The first-order valence-corrected chi connectivity index (χ1v) is 8.64. The minimum absolute atomic E-state index is 0.0914. The molecule has 6 nitrogen and oxygen atoms in total. The molecule has 0 aliphatic carbocycles. The maximum atomic E-state index is 12.9. The fourth-order valence-electron chi connectivity index (χ4n) is 3.43. The summed E-state index contributed by atoms with van der Waals surface area (Å²) in [5, 5.41) is 12.0. The molecule has 0 radical (unpaired) electrons. The minimum atomic E-state index is -0.264. The smallest absolute Gasteiger partial charge is 0.234 e. The van der Waals surface area contributed by atoms with Crippen LogP contribution in [0.15, 0.2) is 42.5 Å². The van der Waals surface area contributed by atoms with Crippen molar-refractivity contribution in [3.63, 3.8) is 0 Å². The maximum Gasteiger partial charge on any atom is 0.234 e. The van der Waals surface area contributed by atoms with Crippen molar-refractivity contribution in [3.8, 4) is 11.8 Å². The quantitative estimate of drug-likeness (QED) is 0.788. The van der Waals surface area contributed by atoms with Crippen molar-refractivity contribution >= 4 is 22.9 Å². The lowest BCUT2D eigenvalue weighted by molar-refractivity contribution is -0.118. The average Bonchev–Trinajstić information content (AvgIpc) is 3.03. The number of nitriles is 1. The van der Waals surface area contributed by atoms with Crippen molar-refractivity contribution in [2.45, 2.75) is 25.8 Å². The van der Waals surface area contributed by atoms with Crippen molar-refractivity contribution in [2.24, 2.45) is 0 Å². The number of benzene rings is 2. The van der Waals surface area contributed by atoms with E-state index in [-0.39, 0.29) is 11.8 Å². The van der Waals surface area contributed by atoms with Gasteiger partial charge in [0.15, 0.2) is 0 Å². The summed E-state index contributed by atoms with van der Waals surface area (Å²) in [6.45, 7) is 3.19. The first kappa shape index (κ1) is 16.2. The molecule has 4 rings (SSSR count). The van der Waals surface area contributed by atoms with E-state index in [2.05, 4.69) is 16.4 Å². The predicted octanol–water partition coefficient (Wildman–Crippen LogP) is 3.43. The molecule has 3 aromatic rings. The lowest BCUT2D eigenvalue weighted by atomic mass is 9.92. The molecule has 2 aromatic carbocycles. The highest BCUT2D eigenvalue weighted by molar-refractivity contribution is 5.96. The molecule has 0 fully saturated rings. The molecule has 1 atom stereocenters. The number of aromatic nitrogens is 2. The molecule has 0 unspecified atom stereocenters. The summed E-state index contributed by atoms with van der Waals surface area (Å²) in [5.41, 5.74) is 3.06. The largest absolute Gasteiger partial charge is 0.493 e. The van der Waals surface area contributed by atoms with Crippen LogP contribution >= 0.6 is 0 Å². The second-order valence-corrected chi connectivity index (χ2v) is 6.21. The number of rotatable bonds is 3. The van der Waals surface area contributed by atoms with Gasteiger partial charge in [-0.25, -0.2) is 4.98 Å². The molecular weight excluding hydrogens is 328 g/mol. The monoisotopic (exact) mass is 346 g/mol. The Morgan fingerprint density at radius 1 is 1.38 bits per heavy atom. The van der Waals surface area contributed by atoms with Crippen LogP contribution in [0.2, 0.25) is 0 Å². The number of amides is 1. The average molecular weight is 346 g/mol. The third kappa shape index (κ3) is 2.68. The number of imidazole rings is 1. The fraction of sp³-hybridized carbons (Fsp3) is 0.250. The van der Waals surface area contributed by atoms with Crippen molar-refractivity contribution in [1.82, 2.24) is 9.55 Å². The zero-order valence-electron chi connectivity index (χ0n) is 14.4. The van der Waals surface area contributed by atoms with Crippen LogP contribution in [-0.2, 0) is 11.3 Å². The van der Waals surface area contributed by atoms with Gasteiger partial charge in [0.25, 0.3) is 0 Å². The fourth-order valence-corrected chi connectivity index (χ4v) is 3.43. The van der Waals surface area contributed by atoms with Gasteiger partial charge in [0.1, 0.15) is 5.75 Å². The first-order valence-electron chi connectivity index (χ1n) is 8.64. The van der Waals surface area contributed by atoms with Crippen LogP contribution in [0.3, 0.4) is 0 Å². The van der Waals surface area contributed by atoms with Crippen molar-refractivity contribution < 1.29 is 9.53 Å². The molecule has 1 amide bonds. The third-order valence-electron chi connectivity index (χ3n) is 4.70. The number of aryl methyl sites for hydroxylation is 1. The number of fused-ring (bicyclic) bond motifs is 2. The topological polar surface area (TPSA) is 79.9 Å². The maximum absolute atomic E-state index is 12.9. The van der Waals surface area contributed by atoms with Crippen LogP contribution in [-0.4, -0.2) is 22.1 Å². The van der Waals surface area contributed by atoms with Crippen LogP contribution in [0.1, 0.15) is 30.4 Å². The van der Waals surface area contributed by atoms with E-state index in [1.54, 1.807) is 12.1 Å². The van der Waals surface area contributed by atoms with Crippen LogP contribution < -0.4 is 10.1 Å². The SMILES string of the molecule is CCn1c(NC(=O)[C@@H]2CCOc3ccccc32)nc2cc(C#N)ccc21. The Kier molecular flexibility index (Phi) is 4.05. The van der Waals surface area contributed by atoms with Crippen LogP contribution in [0.4, 0.5) is 5.95 Å². The Bertz CT molecular complexity index is 1030. The summed E-state index contributed by atoms with van der Waals surface area (Å²) in [4.78, 5) is 17.5. The molecule has 6 heteroatoms. The molecule has 130 valence electrons. The Morgan fingerprint density at radius 2 is 2.23 bits per heavy atom. The molecule has 0 saturated carbocycles. The van der Waals surface area contributed by atoms with Crippen LogP contribution in [0.25, 0.3) is 11.0 Å². The van der Waals surface area contributed by atoms with Gasteiger partial charge in [0.05, 0.1) is 35.2 Å². The lowest BCUT2D eigenvalue weighted by Crippen LogP contribution is -2.27. The molecule has 0 saturated heterocycles. The zero-order valence-corrected chi connectivity index (χ0v) is 14.4.